The van der Waals surface area contributed by atoms with Gasteiger partial charge in [0.2, 0.25) is 11.8 Å². The van der Waals surface area contributed by atoms with E-state index >= 15 is 0 Å². The Morgan fingerprint density at radius 1 is 0.857 bits per heavy atom. The van der Waals surface area contributed by atoms with E-state index in [1.54, 1.807) is 0 Å². The summed E-state index contributed by atoms with van der Waals surface area (Å²) >= 11 is 1.44. The average Bonchev–Trinajstić information content (AvgIpc) is 4.00. The molecular formula is C60H68N10O6S. The Bertz CT molecular complexity index is 3370. The van der Waals surface area contributed by atoms with Crippen molar-refractivity contribution in [2.24, 2.45) is 13.0 Å². The summed E-state index contributed by atoms with van der Waals surface area (Å²) in [5, 5.41) is 22.6. The lowest BCUT2D eigenvalue weighted by atomic mass is 9.80. The number of pyridine rings is 1. The highest BCUT2D eigenvalue weighted by Crippen LogP contribution is 2.42. The van der Waals surface area contributed by atoms with Crippen LogP contribution in [0.4, 0.5) is 16.6 Å². The lowest BCUT2D eigenvalue weighted by Crippen LogP contribution is -2.49. The maximum Gasteiger partial charge on any atom is 0.355 e. The van der Waals surface area contributed by atoms with Crippen molar-refractivity contribution in [1.82, 2.24) is 34.9 Å². The van der Waals surface area contributed by atoms with E-state index in [1.807, 2.05) is 79.3 Å². The summed E-state index contributed by atoms with van der Waals surface area (Å²) in [4.78, 5) is 70.8. The third-order valence-electron chi connectivity index (χ3n) is 16.2. The Morgan fingerprint density at radius 3 is 2.42 bits per heavy atom. The number of ether oxygens (including phenoxy) is 1. The Kier molecular flexibility index (Phi) is 14.6. The molecule has 4 aliphatic rings. The lowest BCUT2D eigenvalue weighted by Gasteiger charge is -2.39. The number of thiazole rings is 1. The number of imide groups is 1. The van der Waals surface area contributed by atoms with Gasteiger partial charge in [-0.25, -0.2) is 14.8 Å². The molecule has 3 aromatic heterocycles. The SMILES string of the molecule is Cc1c(OCCCN2CCC(CN3CCN(c4ccc5c(C6CCC(=O)NC6=O)nn(C)c5c4)CC3)CC2)cccc1-c1c(C(C)(C)C)cc(N2CCc3cccc(C(=O)Nc4nc5ccccc5s4)c3C2)nc1C(=O)O. The fourth-order valence-corrected chi connectivity index (χ4v) is 12.8. The number of fused-ring (bicyclic) bond motifs is 3. The van der Waals surface area contributed by atoms with Gasteiger partial charge < -0.3 is 24.5 Å². The number of piperidine rings is 2. The standard InChI is InChI=1S/C60H68N10O6S/c1-37-41(53-46(60(2,3)4)34-51(62-55(53)58(74)75)70-27-23-39-11-8-13-42(45(39)36-70)56(72)64-59-61-47-14-6-7-16-50(47)77-59)12-9-15-49(37)76-32-10-24-67-25-21-38(22-26-67)35-68-28-30-69(31-29-68)40-17-18-43-48(33-40)66(5)65-54(43)44-19-20-52(71)63-57(44)73/h6-9,11-18,33-34,38,44H,10,19-32,35-36H2,1-5H3,(H,74,75)(H,61,64,72)(H,63,71,73). The molecule has 1 atom stereocenters. The van der Waals surface area contributed by atoms with Crippen molar-refractivity contribution < 1.29 is 29.0 Å². The molecule has 3 fully saturated rings. The number of aromatic carboxylic acids is 1. The lowest BCUT2D eigenvalue weighted by molar-refractivity contribution is -0.134. The molecule has 4 aromatic carbocycles. The van der Waals surface area contributed by atoms with Crippen LogP contribution in [0.15, 0.2) is 84.9 Å². The second kappa shape index (κ2) is 21.7. The summed E-state index contributed by atoms with van der Waals surface area (Å²) in [6.07, 6.45) is 4.74. The van der Waals surface area contributed by atoms with Crippen molar-refractivity contribution in [2.75, 3.05) is 80.6 Å². The number of carboxylic acids is 1. The number of carbonyl (C=O) groups excluding carboxylic acids is 3. The van der Waals surface area contributed by atoms with Gasteiger partial charge in [-0.15, -0.1) is 0 Å². The van der Waals surface area contributed by atoms with Gasteiger partial charge in [-0.2, -0.15) is 5.10 Å². The van der Waals surface area contributed by atoms with Gasteiger partial charge in [0.25, 0.3) is 5.91 Å². The molecule has 0 spiro atoms. The Labute approximate surface area is 453 Å². The number of carbonyl (C=O) groups is 4. The minimum absolute atomic E-state index is 0.00502. The maximum absolute atomic E-state index is 13.8. The molecular weight excluding hydrogens is 989 g/mol. The Morgan fingerprint density at radius 2 is 1.65 bits per heavy atom. The molecule has 0 radical (unpaired) electrons. The average molecular weight is 1060 g/mol. The number of anilines is 3. The molecule has 4 aliphatic heterocycles. The quantitative estimate of drug-likeness (QED) is 0.0695. The molecule has 0 aliphatic carbocycles. The van der Waals surface area contributed by atoms with Crippen molar-refractivity contribution in [3.63, 3.8) is 0 Å². The molecule has 16 nitrogen and oxygen atoms in total. The molecule has 0 bridgehead atoms. The van der Waals surface area contributed by atoms with Gasteiger partial charge in [0.1, 0.15) is 11.6 Å². The number of aromatic nitrogens is 4. The normalized spacial score (nSPS) is 18.0. The first-order valence-corrected chi connectivity index (χ1v) is 28.0. The highest BCUT2D eigenvalue weighted by atomic mass is 32.1. The predicted molar refractivity (Wildman–Crippen MR) is 303 cm³/mol. The van der Waals surface area contributed by atoms with Crippen molar-refractivity contribution in [2.45, 2.75) is 84.1 Å². The zero-order valence-electron chi connectivity index (χ0n) is 44.7. The van der Waals surface area contributed by atoms with E-state index < -0.39 is 17.3 Å². The minimum Gasteiger partial charge on any atom is -0.493 e. The monoisotopic (exact) mass is 1060 g/mol. The molecule has 17 heteroatoms. The number of nitrogens with one attached hydrogen (secondary N) is 2. The molecule has 3 saturated heterocycles. The van der Waals surface area contributed by atoms with Crippen molar-refractivity contribution >= 4 is 72.8 Å². The van der Waals surface area contributed by atoms with E-state index in [9.17, 15) is 24.3 Å². The summed E-state index contributed by atoms with van der Waals surface area (Å²) in [7, 11) is 1.92. The highest BCUT2D eigenvalue weighted by Gasteiger charge is 2.34. The second-order valence-corrected chi connectivity index (χ2v) is 23.3. The first kappa shape index (κ1) is 51.9. The van der Waals surface area contributed by atoms with Crippen LogP contribution < -0.4 is 25.2 Å². The zero-order chi connectivity index (χ0) is 53.5. The number of piperazine rings is 1. The summed E-state index contributed by atoms with van der Waals surface area (Å²) < 4.78 is 9.35. The van der Waals surface area contributed by atoms with E-state index in [-0.39, 0.29) is 23.4 Å². The van der Waals surface area contributed by atoms with Crippen LogP contribution in [0.2, 0.25) is 0 Å². The van der Waals surface area contributed by atoms with Crippen LogP contribution in [0.3, 0.4) is 0 Å². The first-order chi connectivity index (χ1) is 37.1. The minimum atomic E-state index is -1.10. The van der Waals surface area contributed by atoms with Gasteiger partial charge in [0.05, 0.1) is 34.0 Å². The number of amides is 3. The van der Waals surface area contributed by atoms with Gasteiger partial charge >= 0.3 is 5.97 Å². The van der Waals surface area contributed by atoms with E-state index in [0.717, 1.165) is 119 Å². The topological polar surface area (TPSA) is 178 Å². The van der Waals surface area contributed by atoms with Crippen molar-refractivity contribution in [3.05, 3.63) is 124 Å². The predicted octanol–water partition coefficient (Wildman–Crippen LogP) is 9.19. The van der Waals surface area contributed by atoms with Crippen LogP contribution in [0.5, 0.6) is 5.75 Å². The van der Waals surface area contributed by atoms with Gasteiger partial charge in [-0.1, -0.05) is 68.5 Å². The number of hydrogen-bond donors (Lipinski definition) is 3. The number of nitrogens with zero attached hydrogens (tertiary/aromatic N) is 8. The molecule has 3 N–H and O–H groups in total. The molecule has 7 heterocycles. The first-order valence-electron chi connectivity index (χ1n) is 27.2. The van der Waals surface area contributed by atoms with Crippen LogP contribution in [-0.2, 0) is 35.0 Å². The number of benzene rings is 4. The fourth-order valence-electron chi connectivity index (χ4n) is 11.9. The summed E-state index contributed by atoms with van der Waals surface area (Å²) in [5.41, 5.74) is 9.00. The number of likely N-dealkylation sites (tertiary alicyclic amines) is 1. The Balaban J connectivity index is 0.683. The number of rotatable bonds is 14. The van der Waals surface area contributed by atoms with Gasteiger partial charge in [-0.3, -0.25) is 34.6 Å². The molecule has 7 aromatic rings. The zero-order valence-corrected chi connectivity index (χ0v) is 45.5. The van der Waals surface area contributed by atoms with Gasteiger partial charge in [0, 0.05) is 88.0 Å². The van der Waals surface area contributed by atoms with Crippen LogP contribution in [0.1, 0.15) is 108 Å². The second-order valence-electron chi connectivity index (χ2n) is 22.3. The Hall–Kier alpha value is -7.21. The summed E-state index contributed by atoms with van der Waals surface area (Å²) in [5.74, 6) is -0.235. The maximum atomic E-state index is 13.8. The van der Waals surface area contributed by atoms with E-state index in [1.165, 1.54) is 29.9 Å². The number of para-hydroxylation sites is 1. The van der Waals surface area contributed by atoms with E-state index in [4.69, 9.17) is 14.8 Å². The van der Waals surface area contributed by atoms with Crippen LogP contribution in [0.25, 0.3) is 32.2 Å². The van der Waals surface area contributed by atoms with Crippen LogP contribution in [-0.4, -0.2) is 124 Å². The highest BCUT2D eigenvalue weighted by molar-refractivity contribution is 7.22. The molecule has 1 unspecified atom stereocenters. The fraction of sp³-hybridized carbons (Fsp3) is 0.417. The van der Waals surface area contributed by atoms with E-state index in [0.29, 0.717) is 67.0 Å². The molecule has 3 amide bonds. The number of aryl methyl sites for hydroxylation is 1. The summed E-state index contributed by atoms with van der Waals surface area (Å²) in [6, 6.07) is 28.0. The van der Waals surface area contributed by atoms with Crippen LogP contribution in [0, 0.1) is 12.8 Å². The molecule has 77 heavy (non-hydrogen) atoms. The molecule has 11 rings (SSSR count). The largest absolute Gasteiger partial charge is 0.493 e. The van der Waals surface area contributed by atoms with Crippen LogP contribution >= 0.6 is 11.3 Å². The summed E-state index contributed by atoms with van der Waals surface area (Å²) in [6.45, 7) is 18.1. The van der Waals surface area contributed by atoms with Crippen molar-refractivity contribution in [3.8, 4) is 16.9 Å². The number of hydrogen-bond acceptors (Lipinski definition) is 13. The molecule has 400 valence electrons. The van der Waals surface area contributed by atoms with Gasteiger partial charge in [-0.05, 0) is 140 Å². The van der Waals surface area contributed by atoms with Gasteiger partial charge in [0.15, 0.2) is 10.8 Å². The third-order valence-corrected chi connectivity index (χ3v) is 17.1. The number of carboxylic acid groups (broad SMARTS) is 1. The third kappa shape index (κ3) is 10.9. The molecule has 0 saturated carbocycles. The smallest absolute Gasteiger partial charge is 0.355 e. The van der Waals surface area contributed by atoms with E-state index in [2.05, 4.69) is 80.3 Å². The van der Waals surface area contributed by atoms with Crippen molar-refractivity contribution in [1.29, 1.82) is 0 Å².